The largest absolute Gasteiger partial charge is 0.618 e. The maximum atomic E-state index is 12.8. The summed E-state index contributed by atoms with van der Waals surface area (Å²) in [6.07, 6.45) is -4.57. The third kappa shape index (κ3) is 2.92. The molecular formula is C19H16F3NO2. The van der Waals surface area contributed by atoms with Crippen molar-refractivity contribution >= 4 is 17.2 Å². The zero-order chi connectivity index (χ0) is 18.6. The highest BCUT2D eigenvalue weighted by Crippen LogP contribution is 2.35. The fraction of sp³-hybridized carbons (Fsp3) is 0.263. The fourth-order valence-corrected chi connectivity index (χ4v) is 2.79. The summed E-state index contributed by atoms with van der Waals surface area (Å²) in [5, 5.41) is 12.4. The number of ketones is 1. The molecule has 0 N–H and O–H groups in total. The molecule has 1 aliphatic heterocycles. The van der Waals surface area contributed by atoms with Crippen molar-refractivity contribution in [3.63, 3.8) is 0 Å². The number of fused-ring (bicyclic) bond motifs is 1. The lowest BCUT2D eigenvalue weighted by Crippen LogP contribution is -2.17. The Morgan fingerprint density at radius 2 is 1.48 bits per heavy atom. The van der Waals surface area contributed by atoms with Gasteiger partial charge < -0.3 is 5.21 Å². The van der Waals surface area contributed by atoms with Crippen LogP contribution in [0.15, 0.2) is 42.5 Å². The van der Waals surface area contributed by atoms with E-state index in [1.54, 1.807) is 12.1 Å². The molecule has 0 radical (unpaired) electrons. The van der Waals surface area contributed by atoms with Gasteiger partial charge in [-0.15, -0.1) is 0 Å². The molecule has 0 unspecified atom stereocenters. The lowest BCUT2D eigenvalue weighted by Gasteiger charge is -2.18. The normalized spacial score (nSPS) is 14.9. The van der Waals surface area contributed by atoms with Crippen LogP contribution in [0.4, 0.5) is 18.9 Å². The molecule has 0 aliphatic carbocycles. The van der Waals surface area contributed by atoms with Crippen molar-refractivity contribution in [2.75, 3.05) is 0 Å². The van der Waals surface area contributed by atoms with Crippen LogP contribution in [0.5, 0.6) is 0 Å². The van der Waals surface area contributed by atoms with Gasteiger partial charge in [-0.05, 0) is 35.2 Å². The first-order valence-electron chi connectivity index (χ1n) is 7.71. The summed E-state index contributed by atoms with van der Waals surface area (Å²) >= 11 is 0. The third-order valence-electron chi connectivity index (χ3n) is 4.23. The summed E-state index contributed by atoms with van der Waals surface area (Å²) in [5.74, 6) is -0.695. The van der Waals surface area contributed by atoms with Gasteiger partial charge in [0.05, 0.1) is 11.1 Å². The van der Waals surface area contributed by atoms with Gasteiger partial charge in [-0.25, -0.2) is 0 Å². The summed E-state index contributed by atoms with van der Waals surface area (Å²) in [6, 6.07) is 9.51. The number of Topliss-reactive ketones (excluding diaryl/α,β-unsaturated/α-hetero) is 1. The quantitative estimate of drug-likeness (QED) is 0.548. The second-order valence-corrected chi connectivity index (χ2v) is 7.03. The highest BCUT2D eigenvalue weighted by Gasteiger charge is 2.40. The van der Waals surface area contributed by atoms with Crippen LogP contribution in [-0.4, -0.2) is 16.2 Å². The van der Waals surface area contributed by atoms with Gasteiger partial charge in [-0.1, -0.05) is 32.9 Å². The van der Waals surface area contributed by atoms with E-state index in [-0.39, 0.29) is 22.4 Å². The number of carbonyl (C=O) groups excluding carboxylic acids is 1. The number of alkyl halides is 3. The van der Waals surface area contributed by atoms with Gasteiger partial charge in [0.2, 0.25) is 5.69 Å². The van der Waals surface area contributed by atoms with Gasteiger partial charge in [0.15, 0.2) is 0 Å². The molecule has 6 heteroatoms. The molecule has 2 aromatic rings. The van der Waals surface area contributed by atoms with Crippen LogP contribution in [0, 0.1) is 5.21 Å². The van der Waals surface area contributed by atoms with Crippen molar-refractivity contribution in [1.82, 2.24) is 0 Å². The van der Waals surface area contributed by atoms with E-state index < -0.39 is 17.5 Å². The molecule has 0 saturated heterocycles. The molecule has 0 amide bonds. The van der Waals surface area contributed by atoms with E-state index in [1.807, 2.05) is 32.9 Å². The Morgan fingerprint density at radius 3 is 2.00 bits per heavy atom. The average Bonchev–Trinajstić information content (AvgIpc) is 2.77. The average molecular weight is 347 g/mol. The molecule has 3 rings (SSSR count). The molecule has 3 nitrogen and oxygen atoms in total. The first kappa shape index (κ1) is 17.2. The van der Waals surface area contributed by atoms with Crippen molar-refractivity contribution in [3.05, 3.63) is 69.9 Å². The summed E-state index contributed by atoms with van der Waals surface area (Å²) in [4.78, 5) is 12.5. The lowest BCUT2D eigenvalue weighted by atomic mass is 9.86. The van der Waals surface area contributed by atoms with E-state index in [9.17, 15) is 23.2 Å². The minimum absolute atomic E-state index is 0.0621. The van der Waals surface area contributed by atoms with E-state index in [4.69, 9.17) is 0 Å². The van der Waals surface area contributed by atoms with E-state index in [2.05, 4.69) is 0 Å². The molecule has 130 valence electrons. The Kier molecular flexibility index (Phi) is 3.74. The smallest absolute Gasteiger partial charge is 0.416 e. The highest BCUT2D eigenvalue weighted by molar-refractivity contribution is 6.52. The Morgan fingerprint density at radius 1 is 0.920 bits per heavy atom. The van der Waals surface area contributed by atoms with Gasteiger partial charge in [0.1, 0.15) is 5.56 Å². The van der Waals surface area contributed by atoms with E-state index >= 15 is 0 Å². The second-order valence-electron chi connectivity index (χ2n) is 7.03. The number of benzene rings is 2. The predicted molar refractivity (Wildman–Crippen MR) is 88.3 cm³/mol. The molecular weight excluding hydrogens is 331 g/mol. The van der Waals surface area contributed by atoms with Crippen molar-refractivity contribution in [2.45, 2.75) is 32.4 Å². The van der Waals surface area contributed by atoms with Gasteiger partial charge in [-0.3, -0.25) is 4.79 Å². The molecule has 0 saturated carbocycles. The number of rotatable bonds is 1. The highest BCUT2D eigenvalue weighted by atomic mass is 19.4. The van der Waals surface area contributed by atoms with Crippen LogP contribution in [0.3, 0.4) is 0 Å². The third-order valence-corrected chi connectivity index (χ3v) is 4.23. The molecule has 0 atom stereocenters. The van der Waals surface area contributed by atoms with E-state index in [1.165, 1.54) is 0 Å². The van der Waals surface area contributed by atoms with Crippen molar-refractivity contribution < 1.29 is 22.7 Å². The summed E-state index contributed by atoms with van der Waals surface area (Å²) in [5.41, 5.74) is -0.0703. The first-order valence-corrected chi connectivity index (χ1v) is 7.71. The van der Waals surface area contributed by atoms with Crippen LogP contribution in [-0.2, 0) is 11.6 Å². The van der Waals surface area contributed by atoms with Crippen molar-refractivity contribution in [3.8, 4) is 0 Å². The SMILES string of the molecule is CC(C)(C)c1ccc(C2=[N+]([O-])c3ccc(C(F)(F)F)cc3C2=O)cc1. The van der Waals surface area contributed by atoms with Crippen molar-refractivity contribution in [1.29, 1.82) is 0 Å². The maximum Gasteiger partial charge on any atom is 0.416 e. The fourth-order valence-electron chi connectivity index (χ4n) is 2.79. The Balaban J connectivity index is 2.04. The van der Waals surface area contributed by atoms with Crippen LogP contribution < -0.4 is 0 Å². The van der Waals surface area contributed by atoms with Crippen LogP contribution in [0.2, 0.25) is 0 Å². The Bertz CT molecular complexity index is 888. The molecule has 0 aromatic heterocycles. The minimum atomic E-state index is -4.57. The summed E-state index contributed by atoms with van der Waals surface area (Å²) in [7, 11) is 0. The summed E-state index contributed by atoms with van der Waals surface area (Å²) < 4.78 is 38.9. The number of carbonyl (C=O) groups is 1. The Hall–Kier alpha value is -2.63. The maximum absolute atomic E-state index is 12.8. The van der Waals surface area contributed by atoms with Crippen molar-refractivity contribution in [2.24, 2.45) is 0 Å². The topological polar surface area (TPSA) is 43.1 Å². The van der Waals surface area contributed by atoms with E-state index in [0.717, 1.165) is 23.8 Å². The number of hydrogen-bond acceptors (Lipinski definition) is 2. The van der Waals surface area contributed by atoms with Gasteiger partial charge in [0, 0.05) is 6.07 Å². The predicted octanol–water partition coefficient (Wildman–Crippen LogP) is 4.83. The zero-order valence-corrected chi connectivity index (χ0v) is 13.9. The molecule has 1 heterocycles. The number of halogens is 3. The molecule has 1 aliphatic rings. The van der Waals surface area contributed by atoms with Gasteiger partial charge in [0.25, 0.3) is 11.5 Å². The molecule has 25 heavy (non-hydrogen) atoms. The van der Waals surface area contributed by atoms with E-state index in [0.29, 0.717) is 10.3 Å². The van der Waals surface area contributed by atoms with Crippen LogP contribution in [0.25, 0.3) is 0 Å². The number of hydrogen-bond donors (Lipinski definition) is 0. The summed E-state index contributed by atoms with van der Waals surface area (Å²) in [6.45, 7) is 6.10. The molecule has 0 fully saturated rings. The molecule has 0 spiro atoms. The second kappa shape index (κ2) is 5.44. The molecule has 2 aromatic carbocycles. The first-order chi connectivity index (χ1) is 11.5. The standard InChI is InChI=1S/C19H16F3NO2/c1-18(2,3)12-6-4-11(5-7-12)16-17(24)14-10-13(19(20,21)22)8-9-15(14)23(16)25/h4-10H,1-3H3. The number of nitrogens with zero attached hydrogens (tertiary/aromatic N) is 1. The van der Waals surface area contributed by atoms with Crippen LogP contribution >= 0.6 is 0 Å². The monoisotopic (exact) mass is 347 g/mol. The van der Waals surface area contributed by atoms with Gasteiger partial charge in [-0.2, -0.15) is 17.9 Å². The zero-order valence-electron chi connectivity index (χ0n) is 13.9. The minimum Gasteiger partial charge on any atom is -0.618 e. The lowest BCUT2D eigenvalue weighted by molar-refractivity contribution is -0.355. The molecule has 0 bridgehead atoms. The Labute approximate surface area is 143 Å². The van der Waals surface area contributed by atoms with Crippen LogP contribution in [0.1, 0.15) is 47.8 Å². The van der Waals surface area contributed by atoms with Gasteiger partial charge >= 0.3 is 6.18 Å².